The van der Waals surface area contributed by atoms with Crippen LogP contribution in [0.1, 0.15) is 26.2 Å². The minimum absolute atomic E-state index is 0.746. The van der Waals surface area contributed by atoms with E-state index in [-0.39, 0.29) is 0 Å². The maximum atomic E-state index is 4.11. The van der Waals surface area contributed by atoms with Crippen molar-refractivity contribution in [2.24, 2.45) is 4.99 Å². The number of hydrogen-bond donors (Lipinski definition) is 1. The van der Waals surface area contributed by atoms with Crippen molar-refractivity contribution >= 4 is 6.21 Å². The van der Waals surface area contributed by atoms with Crippen LogP contribution in [-0.4, -0.2) is 12.9 Å². The highest BCUT2D eigenvalue weighted by Gasteiger charge is 1.95. The van der Waals surface area contributed by atoms with Crippen molar-refractivity contribution in [3.05, 3.63) is 11.8 Å². The minimum Gasteiger partial charge on any atom is -0.372 e. The van der Waals surface area contributed by atoms with Gasteiger partial charge in [0.2, 0.25) is 0 Å². The predicted octanol–water partition coefficient (Wildman–Crippen LogP) is 1.69. The van der Waals surface area contributed by atoms with Gasteiger partial charge in [0.15, 0.2) is 0 Å². The van der Waals surface area contributed by atoms with E-state index in [0.717, 1.165) is 13.1 Å². The highest BCUT2D eigenvalue weighted by atomic mass is 15.0. The number of nitrogens with zero attached hydrogens (tertiary/aromatic N) is 1. The first-order valence-corrected chi connectivity index (χ1v) is 3.85. The minimum atomic E-state index is 0.746. The molecular weight excluding hydrogens is 124 g/mol. The van der Waals surface area contributed by atoms with Gasteiger partial charge in [0.05, 0.1) is 0 Å². The average Bonchev–Trinajstić information content (AvgIpc) is 2.03. The van der Waals surface area contributed by atoms with Crippen LogP contribution in [0.3, 0.4) is 0 Å². The van der Waals surface area contributed by atoms with Gasteiger partial charge in [-0.05, 0) is 18.4 Å². The maximum absolute atomic E-state index is 4.11. The van der Waals surface area contributed by atoms with Crippen LogP contribution in [0.4, 0.5) is 0 Å². The molecule has 0 aromatic carbocycles. The van der Waals surface area contributed by atoms with Gasteiger partial charge in [-0.15, -0.1) is 0 Å². The first-order valence-electron chi connectivity index (χ1n) is 3.85. The normalized spacial score (nSPS) is 16.3. The first kappa shape index (κ1) is 7.32. The van der Waals surface area contributed by atoms with Gasteiger partial charge in [-0.3, -0.25) is 4.99 Å². The van der Waals surface area contributed by atoms with Crippen molar-refractivity contribution in [3.63, 3.8) is 0 Å². The lowest BCUT2D eigenvalue weighted by atomic mass is 10.1. The smallest absolute Gasteiger partial charge is 0.107 e. The Hall–Kier alpha value is -0.790. The van der Waals surface area contributed by atoms with E-state index < -0.39 is 0 Å². The van der Waals surface area contributed by atoms with Gasteiger partial charge >= 0.3 is 0 Å². The van der Waals surface area contributed by atoms with E-state index in [1.54, 1.807) is 0 Å². The number of rotatable bonds is 3. The summed E-state index contributed by atoms with van der Waals surface area (Å²) in [7, 11) is 0. The zero-order chi connectivity index (χ0) is 7.23. The van der Waals surface area contributed by atoms with Crippen LogP contribution in [0, 0.1) is 0 Å². The Morgan fingerprint density at radius 3 is 3.20 bits per heavy atom. The predicted molar refractivity (Wildman–Crippen MR) is 44.1 cm³/mol. The zero-order valence-corrected chi connectivity index (χ0v) is 6.43. The fraction of sp³-hybridized carbons (Fsp3) is 0.625. The van der Waals surface area contributed by atoms with E-state index in [0.29, 0.717) is 0 Å². The Morgan fingerprint density at radius 2 is 2.60 bits per heavy atom. The van der Waals surface area contributed by atoms with Gasteiger partial charge in [-0.2, -0.15) is 0 Å². The molecule has 0 amide bonds. The van der Waals surface area contributed by atoms with E-state index >= 15 is 0 Å². The molecule has 1 heterocycles. The van der Waals surface area contributed by atoms with Crippen LogP contribution in [0.25, 0.3) is 0 Å². The van der Waals surface area contributed by atoms with Crippen molar-refractivity contribution in [1.82, 2.24) is 5.32 Å². The summed E-state index contributed by atoms with van der Waals surface area (Å²) in [6.45, 7) is 2.95. The molecule has 0 aliphatic carbocycles. The van der Waals surface area contributed by atoms with Gasteiger partial charge in [0, 0.05) is 12.4 Å². The number of nitrogens with one attached hydrogen (secondary N) is 1. The summed E-state index contributed by atoms with van der Waals surface area (Å²) in [5.74, 6) is 0. The first-order chi connectivity index (χ1) is 4.93. The number of unbranched alkanes of at least 4 members (excludes halogenated alkanes) is 1. The second-order valence-electron chi connectivity index (χ2n) is 2.50. The summed E-state index contributed by atoms with van der Waals surface area (Å²) in [6.07, 6.45) is 7.70. The molecule has 10 heavy (non-hydrogen) atoms. The van der Waals surface area contributed by atoms with Crippen LogP contribution in [0.2, 0.25) is 0 Å². The fourth-order valence-electron chi connectivity index (χ4n) is 0.947. The SMILES string of the molecule is CCCCC1=CNCN=C1. The largest absolute Gasteiger partial charge is 0.372 e. The molecule has 2 nitrogen and oxygen atoms in total. The van der Waals surface area contributed by atoms with Crippen LogP contribution in [0.15, 0.2) is 16.8 Å². The molecular formula is C8H14N2. The lowest BCUT2D eigenvalue weighted by Gasteiger charge is -2.06. The number of aliphatic imine (C=N–C) groups is 1. The zero-order valence-electron chi connectivity index (χ0n) is 6.43. The molecule has 0 aromatic rings. The molecule has 0 saturated heterocycles. The Bertz CT molecular complexity index is 147. The molecule has 0 fully saturated rings. The maximum Gasteiger partial charge on any atom is 0.107 e. The topological polar surface area (TPSA) is 24.4 Å². The molecule has 0 bridgehead atoms. The molecule has 0 saturated carbocycles. The standard InChI is InChI=1S/C8H14N2/c1-2-3-4-8-5-9-7-10-6-8/h5-6,9H,2-4,7H2,1H3. The van der Waals surface area contributed by atoms with Gasteiger partial charge in [-0.25, -0.2) is 0 Å². The average molecular weight is 138 g/mol. The second kappa shape index (κ2) is 4.09. The highest BCUT2D eigenvalue weighted by molar-refractivity contribution is 5.78. The Labute approximate surface area is 62.0 Å². The van der Waals surface area contributed by atoms with Crippen molar-refractivity contribution in [2.45, 2.75) is 26.2 Å². The molecule has 56 valence electrons. The monoisotopic (exact) mass is 138 g/mol. The van der Waals surface area contributed by atoms with Gasteiger partial charge in [0.25, 0.3) is 0 Å². The molecule has 2 heteroatoms. The molecule has 1 rings (SSSR count). The summed E-state index contributed by atoms with van der Waals surface area (Å²) < 4.78 is 0. The number of allylic oxidation sites excluding steroid dienone is 1. The van der Waals surface area contributed by atoms with Crippen LogP contribution >= 0.6 is 0 Å². The van der Waals surface area contributed by atoms with Crippen molar-refractivity contribution in [3.8, 4) is 0 Å². The van der Waals surface area contributed by atoms with Gasteiger partial charge < -0.3 is 5.32 Å². The molecule has 0 radical (unpaired) electrons. The molecule has 0 unspecified atom stereocenters. The fourth-order valence-corrected chi connectivity index (χ4v) is 0.947. The van der Waals surface area contributed by atoms with E-state index in [1.807, 2.05) is 6.21 Å². The molecule has 1 N–H and O–H groups in total. The lowest BCUT2D eigenvalue weighted by Crippen LogP contribution is -2.11. The van der Waals surface area contributed by atoms with E-state index in [4.69, 9.17) is 0 Å². The third-order valence-corrected chi connectivity index (χ3v) is 1.55. The Balaban J connectivity index is 2.26. The van der Waals surface area contributed by atoms with E-state index in [1.165, 1.54) is 18.4 Å². The summed E-state index contributed by atoms with van der Waals surface area (Å²) in [4.78, 5) is 4.11. The van der Waals surface area contributed by atoms with E-state index in [2.05, 4.69) is 23.4 Å². The van der Waals surface area contributed by atoms with Crippen molar-refractivity contribution in [2.75, 3.05) is 6.67 Å². The summed E-state index contributed by atoms with van der Waals surface area (Å²) in [5, 5.41) is 3.08. The summed E-state index contributed by atoms with van der Waals surface area (Å²) >= 11 is 0. The lowest BCUT2D eigenvalue weighted by molar-refractivity contribution is 0.782. The molecule has 0 aromatic heterocycles. The van der Waals surface area contributed by atoms with E-state index in [9.17, 15) is 0 Å². The molecule has 0 spiro atoms. The third-order valence-electron chi connectivity index (χ3n) is 1.55. The summed E-state index contributed by atoms with van der Waals surface area (Å²) in [5.41, 5.74) is 1.33. The van der Waals surface area contributed by atoms with Crippen LogP contribution in [0.5, 0.6) is 0 Å². The number of hydrogen-bond acceptors (Lipinski definition) is 2. The van der Waals surface area contributed by atoms with Gasteiger partial charge in [0.1, 0.15) is 6.67 Å². The molecule has 0 atom stereocenters. The third kappa shape index (κ3) is 2.21. The quantitative estimate of drug-likeness (QED) is 0.630. The molecule has 1 aliphatic heterocycles. The van der Waals surface area contributed by atoms with Crippen molar-refractivity contribution < 1.29 is 0 Å². The molecule has 1 aliphatic rings. The summed E-state index contributed by atoms with van der Waals surface area (Å²) in [6, 6.07) is 0. The Morgan fingerprint density at radius 1 is 1.70 bits per heavy atom. The van der Waals surface area contributed by atoms with Crippen LogP contribution < -0.4 is 5.32 Å². The second-order valence-corrected chi connectivity index (χ2v) is 2.50. The van der Waals surface area contributed by atoms with Crippen LogP contribution in [-0.2, 0) is 0 Å². The van der Waals surface area contributed by atoms with Crippen molar-refractivity contribution in [1.29, 1.82) is 0 Å². The highest BCUT2D eigenvalue weighted by Crippen LogP contribution is 2.05. The van der Waals surface area contributed by atoms with Gasteiger partial charge in [-0.1, -0.05) is 13.3 Å². The Kier molecular flexibility index (Phi) is 3.00.